The van der Waals surface area contributed by atoms with E-state index < -0.39 is 5.54 Å². The fourth-order valence-corrected chi connectivity index (χ4v) is 2.36. The van der Waals surface area contributed by atoms with Gasteiger partial charge in [0, 0.05) is 18.6 Å². The molecule has 0 aromatic rings. The summed E-state index contributed by atoms with van der Waals surface area (Å²) in [5.41, 5.74) is 5.45. The highest BCUT2D eigenvalue weighted by Crippen LogP contribution is 2.25. The van der Waals surface area contributed by atoms with E-state index in [0.29, 0.717) is 0 Å². The van der Waals surface area contributed by atoms with Crippen molar-refractivity contribution in [2.24, 2.45) is 11.7 Å². The highest BCUT2D eigenvalue weighted by Gasteiger charge is 2.22. The van der Waals surface area contributed by atoms with Crippen LogP contribution in [0.2, 0.25) is 0 Å². The lowest BCUT2D eigenvalue weighted by molar-refractivity contribution is 0.153. The van der Waals surface area contributed by atoms with E-state index in [2.05, 4.69) is 11.9 Å². The summed E-state index contributed by atoms with van der Waals surface area (Å²) in [5.74, 6) is 0.856. The van der Waals surface area contributed by atoms with Crippen LogP contribution in [0.4, 0.5) is 0 Å². The second-order valence-corrected chi connectivity index (χ2v) is 5.16. The Hall–Kier alpha value is -0.120. The Bertz CT molecular complexity index is 165. The number of hydrogen-bond donors (Lipinski definition) is 2. The van der Waals surface area contributed by atoms with Gasteiger partial charge in [-0.25, -0.2) is 0 Å². The monoisotopic (exact) mass is 200 g/mol. The number of nitrogens with two attached hydrogens (primary N) is 1. The minimum Gasteiger partial charge on any atom is -0.394 e. The molecule has 3 heteroatoms. The zero-order valence-corrected chi connectivity index (χ0v) is 9.50. The van der Waals surface area contributed by atoms with Gasteiger partial charge in [-0.3, -0.25) is 0 Å². The van der Waals surface area contributed by atoms with E-state index in [0.717, 1.165) is 19.0 Å². The van der Waals surface area contributed by atoms with Gasteiger partial charge in [-0.1, -0.05) is 12.8 Å². The normalized spacial score (nSPS) is 22.9. The molecule has 1 aliphatic rings. The molecular weight excluding hydrogens is 176 g/mol. The molecule has 0 bridgehead atoms. The Morgan fingerprint density at radius 3 is 2.50 bits per heavy atom. The van der Waals surface area contributed by atoms with Gasteiger partial charge >= 0.3 is 0 Å². The van der Waals surface area contributed by atoms with E-state index in [9.17, 15) is 0 Å². The number of hydrogen-bond acceptors (Lipinski definition) is 3. The van der Waals surface area contributed by atoms with E-state index in [-0.39, 0.29) is 6.61 Å². The molecule has 1 aliphatic carbocycles. The van der Waals surface area contributed by atoms with Gasteiger partial charge in [0.2, 0.25) is 0 Å². The molecule has 0 aromatic heterocycles. The zero-order chi connectivity index (χ0) is 10.6. The molecule has 1 fully saturated rings. The third-order valence-corrected chi connectivity index (χ3v) is 3.04. The van der Waals surface area contributed by atoms with Gasteiger partial charge in [0.25, 0.3) is 0 Å². The number of aliphatic hydroxyl groups excluding tert-OH is 1. The molecule has 0 saturated heterocycles. The molecule has 3 N–H and O–H groups in total. The average molecular weight is 200 g/mol. The van der Waals surface area contributed by atoms with Crippen molar-refractivity contribution in [1.29, 1.82) is 0 Å². The summed E-state index contributed by atoms with van der Waals surface area (Å²) < 4.78 is 0. The van der Waals surface area contributed by atoms with Crippen LogP contribution < -0.4 is 5.73 Å². The van der Waals surface area contributed by atoms with Gasteiger partial charge in [0.15, 0.2) is 0 Å². The highest BCUT2D eigenvalue weighted by molar-refractivity contribution is 4.82. The van der Waals surface area contributed by atoms with Gasteiger partial charge < -0.3 is 15.7 Å². The Labute approximate surface area is 87.3 Å². The minimum atomic E-state index is -0.451. The fraction of sp³-hybridized carbons (Fsp3) is 1.00. The predicted molar refractivity (Wildman–Crippen MR) is 59.1 cm³/mol. The molecule has 1 atom stereocenters. The van der Waals surface area contributed by atoms with E-state index in [1.807, 2.05) is 6.92 Å². The van der Waals surface area contributed by atoms with Crippen molar-refractivity contribution in [3.05, 3.63) is 0 Å². The van der Waals surface area contributed by atoms with Crippen LogP contribution >= 0.6 is 0 Å². The van der Waals surface area contributed by atoms with Crippen molar-refractivity contribution in [3.63, 3.8) is 0 Å². The third kappa shape index (κ3) is 3.95. The Balaban J connectivity index is 2.23. The Kier molecular flexibility index (Phi) is 4.35. The largest absolute Gasteiger partial charge is 0.394 e. The molecule has 0 radical (unpaired) electrons. The molecule has 0 aromatic carbocycles. The summed E-state index contributed by atoms with van der Waals surface area (Å²) in [4.78, 5) is 2.26. The van der Waals surface area contributed by atoms with Crippen LogP contribution in [0.25, 0.3) is 0 Å². The van der Waals surface area contributed by atoms with E-state index in [4.69, 9.17) is 10.8 Å². The molecular formula is C11H24N2O. The lowest BCUT2D eigenvalue weighted by Crippen LogP contribution is -2.50. The van der Waals surface area contributed by atoms with Crippen LogP contribution in [-0.4, -0.2) is 42.3 Å². The first-order valence-electron chi connectivity index (χ1n) is 5.62. The maximum Gasteiger partial charge on any atom is 0.0621 e. The van der Waals surface area contributed by atoms with Crippen LogP contribution in [0.1, 0.15) is 32.6 Å². The molecule has 0 aliphatic heterocycles. The van der Waals surface area contributed by atoms with Gasteiger partial charge in [-0.2, -0.15) is 0 Å². The van der Waals surface area contributed by atoms with Crippen LogP contribution in [0.3, 0.4) is 0 Å². The number of nitrogens with zero attached hydrogens (tertiary/aromatic N) is 1. The van der Waals surface area contributed by atoms with Crippen molar-refractivity contribution in [2.45, 2.75) is 38.1 Å². The SMILES string of the molecule is CN(CC1CCCC1)CC(C)(N)CO. The summed E-state index contributed by atoms with van der Waals surface area (Å²) in [6.45, 7) is 3.87. The lowest BCUT2D eigenvalue weighted by Gasteiger charge is -2.29. The number of aliphatic hydroxyl groups is 1. The van der Waals surface area contributed by atoms with E-state index in [1.165, 1.54) is 25.7 Å². The summed E-state index contributed by atoms with van der Waals surface area (Å²) >= 11 is 0. The van der Waals surface area contributed by atoms with Gasteiger partial charge in [-0.05, 0) is 32.7 Å². The molecule has 1 unspecified atom stereocenters. The highest BCUT2D eigenvalue weighted by atomic mass is 16.3. The molecule has 0 spiro atoms. The first-order chi connectivity index (χ1) is 6.53. The molecule has 14 heavy (non-hydrogen) atoms. The molecule has 1 saturated carbocycles. The van der Waals surface area contributed by atoms with Gasteiger partial charge in [0.1, 0.15) is 0 Å². The predicted octanol–water partition coefficient (Wildman–Crippen LogP) is 0.818. The van der Waals surface area contributed by atoms with Crippen molar-refractivity contribution in [2.75, 3.05) is 26.7 Å². The molecule has 84 valence electrons. The number of likely N-dealkylation sites (N-methyl/N-ethyl adjacent to an activating group) is 1. The topological polar surface area (TPSA) is 49.5 Å². The summed E-state index contributed by atoms with van der Waals surface area (Å²) in [5, 5.41) is 9.05. The van der Waals surface area contributed by atoms with Crippen molar-refractivity contribution >= 4 is 0 Å². The maximum absolute atomic E-state index is 9.05. The van der Waals surface area contributed by atoms with E-state index >= 15 is 0 Å². The molecule has 0 amide bonds. The zero-order valence-electron chi connectivity index (χ0n) is 9.50. The number of rotatable bonds is 5. The second-order valence-electron chi connectivity index (χ2n) is 5.16. The first kappa shape index (κ1) is 12.0. The summed E-state index contributed by atoms with van der Waals surface area (Å²) in [6.07, 6.45) is 5.51. The standard InChI is InChI=1S/C11H24N2O/c1-11(12,9-14)8-13(2)7-10-5-3-4-6-10/h10,14H,3-9,12H2,1-2H3. The molecule has 3 nitrogen and oxygen atoms in total. The van der Waals surface area contributed by atoms with Crippen LogP contribution in [0, 0.1) is 5.92 Å². The Morgan fingerprint density at radius 1 is 1.43 bits per heavy atom. The minimum absolute atomic E-state index is 0.0575. The lowest BCUT2D eigenvalue weighted by atomic mass is 10.0. The summed E-state index contributed by atoms with van der Waals surface area (Å²) in [6, 6.07) is 0. The van der Waals surface area contributed by atoms with Crippen LogP contribution in [0.5, 0.6) is 0 Å². The maximum atomic E-state index is 9.05. The fourth-order valence-electron chi connectivity index (χ4n) is 2.36. The van der Waals surface area contributed by atoms with Crippen LogP contribution in [0.15, 0.2) is 0 Å². The summed E-state index contributed by atoms with van der Waals surface area (Å²) in [7, 11) is 2.10. The van der Waals surface area contributed by atoms with Crippen molar-refractivity contribution in [3.8, 4) is 0 Å². The smallest absolute Gasteiger partial charge is 0.0621 e. The molecule has 1 rings (SSSR count). The first-order valence-corrected chi connectivity index (χ1v) is 5.62. The van der Waals surface area contributed by atoms with E-state index in [1.54, 1.807) is 0 Å². The average Bonchev–Trinajstić information content (AvgIpc) is 2.55. The van der Waals surface area contributed by atoms with Gasteiger partial charge in [0.05, 0.1) is 6.61 Å². The quantitative estimate of drug-likeness (QED) is 0.691. The Morgan fingerprint density at radius 2 is 2.00 bits per heavy atom. The van der Waals surface area contributed by atoms with Crippen molar-refractivity contribution in [1.82, 2.24) is 4.90 Å². The second kappa shape index (κ2) is 5.10. The van der Waals surface area contributed by atoms with Crippen molar-refractivity contribution < 1.29 is 5.11 Å². The van der Waals surface area contributed by atoms with Gasteiger partial charge in [-0.15, -0.1) is 0 Å². The third-order valence-electron chi connectivity index (χ3n) is 3.04. The van der Waals surface area contributed by atoms with Crippen LogP contribution in [-0.2, 0) is 0 Å². The molecule has 0 heterocycles.